The van der Waals surface area contributed by atoms with Crippen LogP contribution in [0.4, 0.5) is 0 Å². The van der Waals surface area contributed by atoms with Crippen molar-refractivity contribution in [3.63, 3.8) is 0 Å². The van der Waals surface area contributed by atoms with Gasteiger partial charge in [0.05, 0.1) is 22.5 Å². The van der Waals surface area contributed by atoms with Gasteiger partial charge in [-0.15, -0.1) is 23.4 Å². The van der Waals surface area contributed by atoms with Crippen LogP contribution in [-0.2, 0) is 0 Å². The molecule has 0 nitrogen and oxygen atoms in total. The van der Waals surface area contributed by atoms with Gasteiger partial charge in [0.1, 0.15) is 0 Å². The van der Waals surface area contributed by atoms with Crippen molar-refractivity contribution in [1.82, 2.24) is 0 Å². The Morgan fingerprint density at radius 3 is 2.20 bits per heavy atom. The molecular formula is C10H13Cl3SSi. The molecule has 1 aromatic carbocycles. The molecule has 0 aliphatic heterocycles. The van der Waals surface area contributed by atoms with E-state index >= 15 is 0 Å². The Balaban J connectivity index is 2.78. The summed E-state index contributed by atoms with van der Waals surface area (Å²) < 4.78 is 0.148. The third-order valence-electron chi connectivity index (χ3n) is 1.81. The van der Waals surface area contributed by atoms with E-state index in [2.05, 4.69) is 19.6 Å². The van der Waals surface area contributed by atoms with Gasteiger partial charge in [0, 0.05) is 4.90 Å². The van der Waals surface area contributed by atoms with Crippen LogP contribution in [0.25, 0.3) is 0 Å². The SMILES string of the molecule is C[Si](C)(C)C(Cl)Sc1ccc(Cl)c(Cl)c1. The van der Waals surface area contributed by atoms with E-state index in [0.29, 0.717) is 10.0 Å². The topological polar surface area (TPSA) is 0 Å². The van der Waals surface area contributed by atoms with E-state index in [9.17, 15) is 0 Å². The molecule has 84 valence electrons. The molecule has 0 aliphatic rings. The van der Waals surface area contributed by atoms with Crippen LogP contribution in [0.5, 0.6) is 0 Å². The first kappa shape index (κ1) is 13.7. The molecule has 1 atom stereocenters. The minimum Gasteiger partial charge on any atom is -0.115 e. The van der Waals surface area contributed by atoms with Gasteiger partial charge in [-0.2, -0.15) is 0 Å². The molecule has 0 fully saturated rings. The monoisotopic (exact) mass is 298 g/mol. The number of hydrogen-bond donors (Lipinski definition) is 0. The van der Waals surface area contributed by atoms with Crippen LogP contribution in [0, 0.1) is 0 Å². The zero-order valence-corrected chi connectivity index (χ0v) is 12.9. The predicted octanol–water partition coefficient (Wildman–Crippen LogP) is 5.53. The first-order valence-electron chi connectivity index (χ1n) is 4.56. The minimum atomic E-state index is -1.32. The molecule has 0 radical (unpaired) electrons. The second-order valence-electron chi connectivity index (χ2n) is 4.38. The maximum atomic E-state index is 6.33. The van der Waals surface area contributed by atoms with Gasteiger partial charge in [0.25, 0.3) is 0 Å². The lowest BCUT2D eigenvalue weighted by molar-refractivity contribution is 1.45. The molecule has 0 N–H and O–H groups in total. The number of benzene rings is 1. The quantitative estimate of drug-likeness (QED) is 0.402. The molecule has 0 aromatic heterocycles. The minimum absolute atomic E-state index is 0.148. The molecule has 0 saturated carbocycles. The van der Waals surface area contributed by atoms with Crippen LogP contribution in [0.3, 0.4) is 0 Å². The zero-order chi connectivity index (χ0) is 11.6. The van der Waals surface area contributed by atoms with Crippen molar-refractivity contribution < 1.29 is 0 Å². The largest absolute Gasteiger partial charge is 0.115 e. The van der Waals surface area contributed by atoms with Gasteiger partial charge in [-0.1, -0.05) is 42.8 Å². The van der Waals surface area contributed by atoms with Crippen LogP contribution in [0.15, 0.2) is 23.1 Å². The van der Waals surface area contributed by atoms with Crippen molar-refractivity contribution in [3.05, 3.63) is 28.2 Å². The van der Waals surface area contributed by atoms with Gasteiger partial charge in [-0.3, -0.25) is 0 Å². The highest BCUT2D eigenvalue weighted by Crippen LogP contribution is 2.35. The van der Waals surface area contributed by atoms with E-state index in [0.717, 1.165) is 4.90 Å². The molecular weight excluding hydrogens is 287 g/mol. The standard InChI is InChI=1S/C10H13Cl3SSi/c1-15(2,3)10(13)14-7-4-5-8(11)9(12)6-7/h4-6,10H,1-3H3. The van der Waals surface area contributed by atoms with Crippen molar-refractivity contribution >= 4 is 54.6 Å². The Labute approximate surface area is 111 Å². The number of thioether (sulfide) groups is 1. The van der Waals surface area contributed by atoms with Gasteiger partial charge in [0.2, 0.25) is 0 Å². The maximum Gasteiger partial charge on any atom is 0.0779 e. The first-order valence-corrected chi connectivity index (χ1v) is 10.2. The second-order valence-corrected chi connectivity index (χ2v) is 13.2. The molecule has 1 aromatic rings. The molecule has 0 aliphatic carbocycles. The number of rotatable bonds is 3. The number of hydrogen-bond acceptors (Lipinski definition) is 1. The third-order valence-corrected chi connectivity index (χ3v) is 9.35. The first-order chi connectivity index (χ1) is 6.80. The Kier molecular flexibility index (Phi) is 4.87. The van der Waals surface area contributed by atoms with Gasteiger partial charge >= 0.3 is 0 Å². The molecule has 0 heterocycles. The van der Waals surface area contributed by atoms with Crippen molar-refractivity contribution in [1.29, 1.82) is 0 Å². The Hall–Kier alpha value is 0.657. The van der Waals surface area contributed by atoms with E-state index in [1.165, 1.54) is 0 Å². The lowest BCUT2D eigenvalue weighted by atomic mass is 10.4. The molecule has 0 bridgehead atoms. The summed E-state index contributed by atoms with van der Waals surface area (Å²) >= 11 is 19.8. The van der Waals surface area contributed by atoms with Crippen molar-refractivity contribution in [2.75, 3.05) is 0 Å². The van der Waals surface area contributed by atoms with Crippen LogP contribution < -0.4 is 0 Å². The molecule has 0 saturated heterocycles. The van der Waals surface area contributed by atoms with Gasteiger partial charge in [-0.25, -0.2) is 0 Å². The van der Waals surface area contributed by atoms with Crippen LogP contribution in [0.2, 0.25) is 29.7 Å². The summed E-state index contributed by atoms with van der Waals surface area (Å²) in [5.74, 6) is 0. The van der Waals surface area contributed by atoms with Crippen LogP contribution in [0.1, 0.15) is 0 Å². The Morgan fingerprint density at radius 2 is 1.73 bits per heavy atom. The fraction of sp³-hybridized carbons (Fsp3) is 0.400. The normalized spacial score (nSPS) is 14.0. The lowest BCUT2D eigenvalue weighted by Crippen LogP contribution is -2.31. The Morgan fingerprint density at radius 1 is 1.13 bits per heavy atom. The highest BCUT2D eigenvalue weighted by atomic mass is 35.5. The fourth-order valence-electron chi connectivity index (χ4n) is 0.846. The molecule has 0 amide bonds. The van der Waals surface area contributed by atoms with Crippen LogP contribution in [-0.4, -0.2) is 12.4 Å². The van der Waals surface area contributed by atoms with E-state index in [1.807, 2.05) is 12.1 Å². The summed E-state index contributed by atoms with van der Waals surface area (Å²) in [4.78, 5) is 1.08. The number of alkyl halides is 1. The van der Waals surface area contributed by atoms with E-state index in [1.54, 1.807) is 17.8 Å². The average Bonchev–Trinajstić information content (AvgIpc) is 2.10. The van der Waals surface area contributed by atoms with Crippen molar-refractivity contribution in [3.8, 4) is 0 Å². The van der Waals surface area contributed by atoms with Gasteiger partial charge in [0.15, 0.2) is 0 Å². The van der Waals surface area contributed by atoms with Crippen molar-refractivity contribution in [2.45, 2.75) is 28.9 Å². The third kappa shape index (κ3) is 4.20. The lowest BCUT2D eigenvalue weighted by Gasteiger charge is -2.22. The highest BCUT2D eigenvalue weighted by Gasteiger charge is 2.25. The highest BCUT2D eigenvalue weighted by molar-refractivity contribution is 8.03. The fourth-order valence-corrected chi connectivity index (χ4v) is 3.91. The zero-order valence-electron chi connectivity index (χ0n) is 8.85. The summed E-state index contributed by atoms with van der Waals surface area (Å²) in [6, 6.07) is 5.62. The molecule has 1 rings (SSSR count). The molecule has 1 unspecified atom stereocenters. The summed E-state index contributed by atoms with van der Waals surface area (Å²) in [5.41, 5.74) is 0. The Bertz CT molecular complexity index is 349. The summed E-state index contributed by atoms with van der Waals surface area (Å²) in [5, 5.41) is 1.17. The summed E-state index contributed by atoms with van der Waals surface area (Å²) in [7, 11) is -1.32. The average molecular weight is 300 g/mol. The second kappa shape index (κ2) is 5.33. The molecule has 15 heavy (non-hydrogen) atoms. The van der Waals surface area contributed by atoms with E-state index in [-0.39, 0.29) is 4.33 Å². The van der Waals surface area contributed by atoms with E-state index in [4.69, 9.17) is 34.8 Å². The van der Waals surface area contributed by atoms with E-state index < -0.39 is 8.07 Å². The molecule has 5 heteroatoms. The van der Waals surface area contributed by atoms with Gasteiger partial charge < -0.3 is 0 Å². The van der Waals surface area contributed by atoms with Crippen molar-refractivity contribution in [2.24, 2.45) is 0 Å². The number of halogens is 3. The molecule has 0 spiro atoms. The maximum absolute atomic E-state index is 6.33. The van der Waals surface area contributed by atoms with Crippen LogP contribution >= 0.6 is 46.6 Å². The predicted molar refractivity (Wildman–Crippen MR) is 75.3 cm³/mol. The summed E-state index contributed by atoms with van der Waals surface area (Å²) in [6.45, 7) is 6.74. The van der Waals surface area contributed by atoms with Gasteiger partial charge in [-0.05, 0) is 18.2 Å². The smallest absolute Gasteiger partial charge is 0.0779 e. The summed E-state index contributed by atoms with van der Waals surface area (Å²) in [6.07, 6.45) is 0.